The van der Waals surface area contributed by atoms with E-state index in [1.807, 2.05) is 19.9 Å². The van der Waals surface area contributed by atoms with Crippen LogP contribution in [0.25, 0.3) is 22.2 Å². The Morgan fingerprint density at radius 1 is 1.41 bits per heavy atom. The second-order valence-corrected chi connectivity index (χ2v) is 7.98. The molecule has 0 bridgehead atoms. The van der Waals surface area contributed by atoms with E-state index in [2.05, 4.69) is 22.0 Å². The number of halogens is 1. The predicted molar refractivity (Wildman–Crippen MR) is 110 cm³/mol. The Morgan fingerprint density at radius 3 is 2.83 bits per heavy atom. The molecule has 3 aromatic rings. The molecule has 0 atom stereocenters. The summed E-state index contributed by atoms with van der Waals surface area (Å²) in [4.78, 5) is 4.57. The van der Waals surface area contributed by atoms with Gasteiger partial charge in [0.15, 0.2) is 0 Å². The van der Waals surface area contributed by atoms with Crippen LogP contribution in [-0.2, 0) is 6.50 Å². The zero-order valence-corrected chi connectivity index (χ0v) is 16.9. The third-order valence-electron chi connectivity index (χ3n) is 5.61. The summed E-state index contributed by atoms with van der Waals surface area (Å²) >= 11 is 0. The number of nitrogens with zero attached hydrogens (tertiary/aromatic N) is 3. The predicted octanol–water partition coefficient (Wildman–Crippen LogP) is 4.57. The van der Waals surface area contributed by atoms with Crippen molar-refractivity contribution in [1.82, 2.24) is 14.7 Å². The highest BCUT2D eigenvalue weighted by molar-refractivity contribution is 5.87. The van der Waals surface area contributed by atoms with Crippen molar-refractivity contribution >= 4 is 11.0 Å². The van der Waals surface area contributed by atoms with Gasteiger partial charge in [-0.15, -0.1) is 0 Å². The van der Waals surface area contributed by atoms with Gasteiger partial charge in [0.05, 0.1) is 19.5 Å². The average Bonchev–Trinajstić information content (AvgIpc) is 3.25. The van der Waals surface area contributed by atoms with E-state index in [4.69, 9.17) is 12.4 Å². The standard InChI is InChI=1S/C23H26FN3O2/c1-15-21(16(2)29-26-15)19-11-20-22(25-12-19)18(5-4-10-28)14-27(20)13-17-6-8-23(3,24)9-7-17/h11-12,14,17,28H,6-10,13H2,1-3H3/i13D2. The van der Waals surface area contributed by atoms with Crippen LogP contribution in [0.15, 0.2) is 23.0 Å². The normalized spacial score (nSPS) is 23.4. The lowest BCUT2D eigenvalue weighted by atomic mass is 9.81. The fraction of sp³-hybridized carbons (Fsp3) is 0.478. The average molecular weight is 397 g/mol. The van der Waals surface area contributed by atoms with Gasteiger partial charge >= 0.3 is 0 Å². The number of aromatic nitrogens is 3. The van der Waals surface area contributed by atoms with Gasteiger partial charge in [-0.1, -0.05) is 17.0 Å². The molecule has 3 aromatic heterocycles. The number of hydrogen-bond donors (Lipinski definition) is 1. The largest absolute Gasteiger partial charge is 0.384 e. The highest BCUT2D eigenvalue weighted by Gasteiger charge is 2.31. The molecule has 0 aliphatic heterocycles. The van der Waals surface area contributed by atoms with Crippen molar-refractivity contribution in [2.75, 3.05) is 6.61 Å². The van der Waals surface area contributed by atoms with Gasteiger partial charge in [-0.05, 0) is 58.4 Å². The van der Waals surface area contributed by atoms with Crippen LogP contribution in [0.3, 0.4) is 0 Å². The summed E-state index contributed by atoms with van der Waals surface area (Å²) in [6.45, 7) is 3.22. The maximum Gasteiger partial charge on any atom is 0.141 e. The molecule has 1 fully saturated rings. The Balaban J connectivity index is 1.86. The number of rotatable bonds is 3. The van der Waals surface area contributed by atoms with Crippen LogP contribution in [0.4, 0.5) is 4.39 Å². The molecule has 1 saturated carbocycles. The molecular weight excluding hydrogens is 369 g/mol. The number of aryl methyl sites for hydroxylation is 2. The molecule has 0 spiro atoms. The van der Waals surface area contributed by atoms with E-state index in [0.29, 0.717) is 48.0 Å². The molecule has 0 amide bonds. The third kappa shape index (κ3) is 3.92. The van der Waals surface area contributed by atoms with Crippen LogP contribution in [0.2, 0.25) is 0 Å². The van der Waals surface area contributed by atoms with E-state index in [9.17, 15) is 4.39 Å². The van der Waals surface area contributed by atoms with Crippen molar-refractivity contribution in [3.63, 3.8) is 0 Å². The number of hydrogen-bond acceptors (Lipinski definition) is 4. The Bertz CT molecular complexity index is 1160. The molecule has 29 heavy (non-hydrogen) atoms. The summed E-state index contributed by atoms with van der Waals surface area (Å²) in [6.07, 6.45) is 4.98. The Hall–Kier alpha value is -2.65. The molecule has 152 valence electrons. The van der Waals surface area contributed by atoms with E-state index < -0.39 is 12.2 Å². The third-order valence-corrected chi connectivity index (χ3v) is 5.61. The van der Waals surface area contributed by atoms with Crippen LogP contribution >= 0.6 is 0 Å². The molecule has 0 saturated heterocycles. The van der Waals surface area contributed by atoms with E-state index in [1.165, 1.54) is 0 Å². The van der Waals surface area contributed by atoms with Gasteiger partial charge in [0.2, 0.25) is 0 Å². The van der Waals surface area contributed by atoms with E-state index in [0.717, 1.165) is 16.8 Å². The van der Waals surface area contributed by atoms with Crippen molar-refractivity contribution in [2.45, 2.75) is 58.6 Å². The van der Waals surface area contributed by atoms with Crippen molar-refractivity contribution in [3.8, 4) is 23.0 Å². The molecule has 3 heterocycles. The first-order valence-corrected chi connectivity index (χ1v) is 9.87. The Morgan fingerprint density at radius 2 is 2.17 bits per heavy atom. The van der Waals surface area contributed by atoms with E-state index >= 15 is 0 Å². The summed E-state index contributed by atoms with van der Waals surface area (Å²) < 4.78 is 39.1. The highest BCUT2D eigenvalue weighted by atomic mass is 19.1. The number of aliphatic hydroxyl groups excluding tert-OH is 1. The van der Waals surface area contributed by atoms with Gasteiger partial charge in [-0.2, -0.15) is 0 Å². The summed E-state index contributed by atoms with van der Waals surface area (Å²) in [5.74, 6) is 5.85. The zero-order valence-electron chi connectivity index (χ0n) is 18.9. The molecule has 5 nitrogen and oxygen atoms in total. The van der Waals surface area contributed by atoms with E-state index in [1.54, 1.807) is 23.9 Å². The van der Waals surface area contributed by atoms with Crippen molar-refractivity contribution in [3.05, 3.63) is 35.5 Å². The van der Waals surface area contributed by atoms with Gasteiger partial charge in [-0.3, -0.25) is 4.98 Å². The molecule has 6 heteroatoms. The minimum Gasteiger partial charge on any atom is -0.384 e. The second-order valence-electron chi connectivity index (χ2n) is 7.98. The topological polar surface area (TPSA) is 64.1 Å². The number of alkyl halides is 1. The minimum atomic E-state index is -1.74. The second kappa shape index (κ2) is 7.64. The van der Waals surface area contributed by atoms with Crippen LogP contribution in [-0.4, -0.2) is 32.1 Å². The van der Waals surface area contributed by atoms with Crippen molar-refractivity contribution < 1.29 is 16.8 Å². The van der Waals surface area contributed by atoms with Gasteiger partial charge in [0.25, 0.3) is 0 Å². The number of aliphatic hydroxyl groups is 1. The summed E-state index contributed by atoms with van der Waals surface area (Å²) in [6, 6.07) is 1.87. The molecule has 0 aromatic carbocycles. The summed E-state index contributed by atoms with van der Waals surface area (Å²) in [5.41, 5.74) is 2.81. The van der Waals surface area contributed by atoms with Crippen molar-refractivity contribution in [2.24, 2.45) is 5.92 Å². The van der Waals surface area contributed by atoms with Gasteiger partial charge in [0, 0.05) is 30.0 Å². The fourth-order valence-electron chi connectivity index (χ4n) is 4.01. The molecule has 1 aliphatic carbocycles. The maximum atomic E-state index is 14.3. The first-order valence-electron chi connectivity index (χ1n) is 10.9. The monoisotopic (exact) mass is 397 g/mol. The van der Waals surface area contributed by atoms with Gasteiger partial charge < -0.3 is 14.2 Å². The van der Waals surface area contributed by atoms with Gasteiger partial charge in [0.1, 0.15) is 23.6 Å². The summed E-state index contributed by atoms with van der Waals surface area (Å²) in [5, 5.41) is 13.1. The molecule has 1 N–H and O–H groups in total. The minimum absolute atomic E-state index is 0.297. The quantitative estimate of drug-likeness (QED) is 0.658. The van der Waals surface area contributed by atoms with Crippen LogP contribution in [0, 0.1) is 31.6 Å². The molecule has 0 unspecified atom stereocenters. The lowest BCUT2D eigenvalue weighted by molar-refractivity contribution is 0.0985. The zero-order chi connectivity index (χ0) is 22.4. The van der Waals surface area contributed by atoms with Gasteiger partial charge in [-0.25, -0.2) is 4.39 Å². The lowest BCUT2D eigenvalue weighted by Crippen LogP contribution is -2.27. The Labute approximate surface area is 172 Å². The summed E-state index contributed by atoms with van der Waals surface area (Å²) in [7, 11) is 0. The molecule has 0 radical (unpaired) electrons. The van der Waals surface area contributed by atoms with Crippen LogP contribution in [0.1, 0.15) is 52.4 Å². The van der Waals surface area contributed by atoms with Crippen molar-refractivity contribution in [1.29, 1.82) is 0 Å². The number of pyridine rings is 1. The Kier molecular flexibility index (Phi) is 4.54. The first kappa shape index (κ1) is 17.2. The SMILES string of the molecule is [2H]C([2H])(C1CCC(C)(F)CC1)n1cc(C#CCO)c2ncc(-c3c(C)noc3C)cc21. The van der Waals surface area contributed by atoms with Crippen LogP contribution < -0.4 is 0 Å². The smallest absolute Gasteiger partial charge is 0.141 e. The van der Waals surface area contributed by atoms with E-state index in [-0.39, 0.29) is 12.5 Å². The molecule has 1 aliphatic rings. The van der Waals surface area contributed by atoms with Crippen LogP contribution in [0.5, 0.6) is 0 Å². The number of fused-ring (bicyclic) bond motifs is 1. The first-order chi connectivity index (χ1) is 14.6. The lowest BCUT2D eigenvalue weighted by Gasteiger charge is -2.31. The highest BCUT2D eigenvalue weighted by Crippen LogP contribution is 2.36. The molecular formula is C23H26FN3O2. The molecule has 4 rings (SSSR count). The maximum absolute atomic E-state index is 14.3. The fourth-order valence-corrected chi connectivity index (χ4v) is 4.01.